The molecule has 1 unspecified atom stereocenters. The van der Waals surface area contributed by atoms with Gasteiger partial charge in [-0.05, 0) is 19.8 Å². The van der Waals surface area contributed by atoms with Crippen molar-refractivity contribution in [1.29, 1.82) is 0 Å². The molecule has 0 N–H and O–H groups in total. The van der Waals surface area contributed by atoms with Crippen molar-refractivity contribution in [3.8, 4) is 0 Å². The Balaban J connectivity index is 1.84. The molecule has 1 atom stereocenters. The Morgan fingerprint density at radius 1 is 1.32 bits per heavy atom. The molecule has 2 aliphatic rings. The number of nitrogens with zero attached hydrogens (tertiary/aromatic N) is 1. The quantitative estimate of drug-likeness (QED) is 0.652. The second-order valence-corrected chi connectivity index (χ2v) is 4.75. The van der Waals surface area contributed by atoms with Crippen LogP contribution in [0.25, 0.3) is 0 Å². The summed E-state index contributed by atoms with van der Waals surface area (Å²) in [6.45, 7) is 3.84. The Hall–Kier alpha value is -1.14. The average Bonchev–Trinajstić information content (AvgIpc) is 3.25. The molecule has 1 saturated carbocycles. The fourth-order valence-corrected chi connectivity index (χ4v) is 2.12. The van der Waals surface area contributed by atoms with Crippen LogP contribution in [0.2, 0.25) is 0 Å². The van der Waals surface area contributed by atoms with E-state index in [1.54, 1.807) is 11.8 Å². The standard InChI is InChI=1S/C13H21NO5/c1-2-18-12(15)5-6-14(10-3-4-10)13(16)11-9-17-7-8-19-11/h10-11H,2-9H2,1H3. The number of esters is 1. The van der Waals surface area contributed by atoms with Crippen LogP contribution in [0.3, 0.4) is 0 Å². The van der Waals surface area contributed by atoms with E-state index >= 15 is 0 Å². The van der Waals surface area contributed by atoms with E-state index in [0.29, 0.717) is 33.0 Å². The van der Waals surface area contributed by atoms with Gasteiger partial charge >= 0.3 is 5.97 Å². The van der Waals surface area contributed by atoms with Gasteiger partial charge < -0.3 is 19.1 Å². The molecule has 0 radical (unpaired) electrons. The molecule has 1 heterocycles. The number of carbonyl (C=O) groups is 2. The molecule has 6 nitrogen and oxygen atoms in total. The van der Waals surface area contributed by atoms with E-state index < -0.39 is 6.10 Å². The van der Waals surface area contributed by atoms with Gasteiger partial charge in [-0.3, -0.25) is 9.59 Å². The minimum Gasteiger partial charge on any atom is -0.466 e. The predicted octanol–water partition coefficient (Wildman–Crippen LogP) is 0.346. The monoisotopic (exact) mass is 271 g/mol. The molecule has 2 rings (SSSR count). The smallest absolute Gasteiger partial charge is 0.307 e. The third kappa shape index (κ3) is 4.18. The molecule has 0 aromatic carbocycles. The van der Waals surface area contributed by atoms with Gasteiger partial charge in [0.1, 0.15) is 0 Å². The lowest BCUT2D eigenvalue weighted by atomic mass is 10.2. The highest BCUT2D eigenvalue weighted by Gasteiger charge is 2.37. The molecule has 6 heteroatoms. The highest BCUT2D eigenvalue weighted by molar-refractivity contribution is 5.82. The minimum atomic E-state index is -0.517. The van der Waals surface area contributed by atoms with Crippen LogP contribution >= 0.6 is 0 Å². The average molecular weight is 271 g/mol. The Morgan fingerprint density at radius 3 is 2.68 bits per heavy atom. The van der Waals surface area contributed by atoms with Crippen molar-refractivity contribution in [3.63, 3.8) is 0 Å². The maximum Gasteiger partial charge on any atom is 0.307 e. The van der Waals surface area contributed by atoms with Gasteiger partial charge in [-0.15, -0.1) is 0 Å². The van der Waals surface area contributed by atoms with Crippen molar-refractivity contribution in [2.24, 2.45) is 0 Å². The molecule has 108 valence electrons. The predicted molar refractivity (Wildman–Crippen MR) is 66.5 cm³/mol. The molecular weight excluding hydrogens is 250 g/mol. The van der Waals surface area contributed by atoms with Crippen LogP contribution in [0.1, 0.15) is 26.2 Å². The first-order valence-electron chi connectivity index (χ1n) is 6.87. The third-order valence-electron chi connectivity index (χ3n) is 3.22. The van der Waals surface area contributed by atoms with E-state index in [1.807, 2.05) is 0 Å². The van der Waals surface area contributed by atoms with Crippen LogP contribution < -0.4 is 0 Å². The zero-order valence-electron chi connectivity index (χ0n) is 11.3. The molecule has 1 amide bonds. The molecule has 19 heavy (non-hydrogen) atoms. The topological polar surface area (TPSA) is 65.1 Å². The van der Waals surface area contributed by atoms with E-state index in [-0.39, 0.29) is 24.3 Å². The summed E-state index contributed by atoms with van der Waals surface area (Å²) in [7, 11) is 0. The molecular formula is C13H21NO5. The Morgan fingerprint density at radius 2 is 2.11 bits per heavy atom. The lowest BCUT2D eigenvalue weighted by Crippen LogP contribution is -2.47. The van der Waals surface area contributed by atoms with Crippen molar-refractivity contribution in [2.75, 3.05) is 33.0 Å². The molecule has 0 bridgehead atoms. The second kappa shape index (κ2) is 6.86. The number of hydrogen-bond donors (Lipinski definition) is 0. The van der Waals surface area contributed by atoms with Gasteiger partial charge in [0.25, 0.3) is 5.91 Å². The third-order valence-corrected chi connectivity index (χ3v) is 3.22. The summed E-state index contributed by atoms with van der Waals surface area (Å²) < 4.78 is 15.6. The molecule has 0 aromatic heterocycles. The zero-order valence-corrected chi connectivity index (χ0v) is 11.3. The van der Waals surface area contributed by atoms with E-state index in [9.17, 15) is 9.59 Å². The van der Waals surface area contributed by atoms with Crippen molar-refractivity contribution in [3.05, 3.63) is 0 Å². The second-order valence-electron chi connectivity index (χ2n) is 4.75. The lowest BCUT2D eigenvalue weighted by Gasteiger charge is -2.29. The van der Waals surface area contributed by atoms with Gasteiger partial charge in [-0.1, -0.05) is 0 Å². The van der Waals surface area contributed by atoms with Crippen LogP contribution in [0.15, 0.2) is 0 Å². The number of rotatable bonds is 6. The summed E-state index contributed by atoms with van der Waals surface area (Å²) in [6, 6.07) is 0.257. The first-order valence-corrected chi connectivity index (χ1v) is 6.87. The Kier molecular flexibility index (Phi) is 5.15. The summed E-state index contributed by atoms with van der Waals surface area (Å²) in [6.07, 6.45) is 1.73. The molecule has 1 saturated heterocycles. The van der Waals surface area contributed by atoms with Gasteiger partial charge in [0.05, 0.1) is 32.8 Å². The maximum absolute atomic E-state index is 12.3. The summed E-state index contributed by atoms with van der Waals surface area (Å²) in [4.78, 5) is 25.4. The minimum absolute atomic E-state index is 0.0634. The molecule has 0 aromatic rings. The first kappa shape index (κ1) is 14.3. The highest BCUT2D eigenvalue weighted by Crippen LogP contribution is 2.28. The van der Waals surface area contributed by atoms with Gasteiger partial charge in [0, 0.05) is 12.6 Å². The Bertz CT molecular complexity index is 323. The van der Waals surface area contributed by atoms with Gasteiger partial charge in [0.15, 0.2) is 6.10 Å². The fourth-order valence-electron chi connectivity index (χ4n) is 2.12. The molecule has 0 spiro atoms. The largest absolute Gasteiger partial charge is 0.466 e. The number of ether oxygens (including phenoxy) is 3. The van der Waals surface area contributed by atoms with Gasteiger partial charge in [-0.25, -0.2) is 0 Å². The van der Waals surface area contributed by atoms with Crippen molar-refractivity contribution in [1.82, 2.24) is 4.90 Å². The van der Waals surface area contributed by atoms with E-state index in [2.05, 4.69) is 0 Å². The lowest BCUT2D eigenvalue weighted by molar-refractivity contribution is -0.159. The van der Waals surface area contributed by atoms with Gasteiger partial charge in [-0.2, -0.15) is 0 Å². The first-order chi connectivity index (χ1) is 9.22. The van der Waals surface area contributed by atoms with Crippen LogP contribution in [0.4, 0.5) is 0 Å². The van der Waals surface area contributed by atoms with Crippen molar-refractivity contribution < 1.29 is 23.8 Å². The number of hydrogen-bond acceptors (Lipinski definition) is 5. The fraction of sp³-hybridized carbons (Fsp3) is 0.846. The van der Waals surface area contributed by atoms with Crippen LogP contribution in [0.5, 0.6) is 0 Å². The maximum atomic E-state index is 12.3. The number of carbonyl (C=O) groups excluding carboxylic acids is 2. The van der Waals surface area contributed by atoms with Gasteiger partial charge in [0.2, 0.25) is 0 Å². The number of amides is 1. The van der Waals surface area contributed by atoms with Crippen LogP contribution in [-0.4, -0.2) is 61.9 Å². The Labute approximate surface area is 113 Å². The van der Waals surface area contributed by atoms with Crippen LogP contribution in [-0.2, 0) is 23.8 Å². The SMILES string of the molecule is CCOC(=O)CCN(C(=O)C1COCCO1)C1CC1. The molecule has 2 fully saturated rings. The highest BCUT2D eigenvalue weighted by atomic mass is 16.6. The van der Waals surface area contributed by atoms with Crippen molar-refractivity contribution >= 4 is 11.9 Å². The summed E-state index contributed by atoms with van der Waals surface area (Å²) in [5, 5.41) is 0. The summed E-state index contributed by atoms with van der Waals surface area (Å²) in [5.74, 6) is -0.326. The molecule has 1 aliphatic carbocycles. The summed E-state index contributed by atoms with van der Waals surface area (Å²) in [5.41, 5.74) is 0. The van der Waals surface area contributed by atoms with Crippen molar-refractivity contribution in [2.45, 2.75) is 38.3 Å². The van der Waals surface area contributed by atoms with E-state index in [0.717, 1.165) is 12.8 Å². The van der Waals surface area contributed by atoms with E-state index in [1.165, 1.54) is 0 Å². The van der Waals surface area contributed by atoms with E-state index in [4.69, 9.17) is 14.2 Å². The molecule has 1 aliphatic heterocycles. The zero-order chi connectivity index (χ0) is 13.7. The summed E-state index contributed by atoms with van der Waals surface area (Å²) >= 11 is 0. The van der Waals surface area contributed by atoms with Crippen LogP contribution in [0, 0.1) is 0 Å². The normalized spacial score (nSPS) is 22.9.